The summed E-state index contributed by atoms with van der Waals surface area (Å²) in [5.41, 5.74) is 0. The molecule has 3 unspecified atom stereocenters. The number of carbonyl (C=O) groups excluding carboxylic acids is 2. The lowest BCUT2D eigenvalue weighted by molar-refractivity contribution is -0.135. The molecule has 3 atom stereocenters. The van der Waals surface area contributed by atoms with Crippen molar-refractivity contribution in [3.05, 3.63) is 0 Å². The van der Waals surface area contributed by atoms with Crippen LogP contribution in [-0.4, -0.2) is 48.4 Å². The Kier molecular flexibility index (Phi) is 3.79. The van der Waals surface area contributed by atoms with Crippen LogP contribution in [0.2, 0.25) is 0 Å². The van der Waals surface area contributed by atoms with Gasteiger partial charge in [-0.3, -0.25) is 14.9 Å². The van der Waals surface area contributed by atoms with Crippen LogP contribution in [-0.2, 0) is 9.59 Å². The predicted octanol–water partition coefficient (Wildman–Crippen LogP) is -0.136. The van der Waals surface area contributed by atoms with Gasteiger partial charge >= 0.3 is 0 Å². The molecule has 0 bridgehead atoms. The predicted molar refractivity (Wildman–Crippen MR) is 64.4 cm³/mol. The molecule has 0 radical (unpaired) electrons. The molecule has 2 rings (SSSR count). The maximum absolute atomic E-state index is 11.6. The molecule has 2 N–H and O–H groups in total. The summed E-state index contributed by atoms with van der Waals surface area (Å²) in [5.74, 6) is -0.308. The first-order chi connectivity index (χ1) is 8.06. The van der Waals surface area contributed by atoms with Crippen molar-refractivity contribution in [2.24, 2.45) is 0 Å². The highest BCUT2D eigenvalue weighted by molar-refractivity contribution is 6.00. The Morgan fingerprint density at radius 1 is 1.35 bits per heavy atom. The van der Waals surface area contributed by atoms with Gasteiger partial charge in [-0.1, -0.05) is 0 Å². The molecule has 0 saturated carbocycles. The molecule has 5 nitrogen and oxygen atoms in total. The van der Waals surface area contributed by atoms with Crippen LogP contribution in [0.15, 0.2) is 0 Å². The average Bonchev–Trinajstić information content (AvgIpc) is 2.27. The van der Waals surface area contributed by atoms with Gasteiger partial charge in [-0.25, -0.2) is 0 Å². The van der Waals surface area contributed by atoms with E-state index in [2.05, 4.69) is 29.5 Å². The lowest BCUT2D eigenvalue weighted by Gasteiger charge is -2.37. The summed E-state index contributed by atoms with van der Waals surface area (Å²) in [6, 6.07) is 0.757. The Bertz CT molecular complexity index is 319. The number of nitrogens with one attached hydrogen (secondary N) is 2. The Labute approximate surface area is 102 Å². The Balaban J connectivity index is 1.85. The molecule has 2 saturated heterocycles. The van der Waals surface area contributed by atoms with Crippen LogP contribution < -0.4 is 10.6 Å². The van der Waals surface area contributed by atoms with Gasteiger partial charge in [-0.2, -0.15) is 0 Å². The number of imide groups is 1. The van der Waals surface area contributed by atoms with Crippen LogP contribution in [0.3, 0.4) is 0 Å². The molecule has 17 heavy (non-hydrogen) atoms. The van der Waals surface area contributed by atoms with E-state index in [4.69, 9.17) is 0 Å². The van der Waals surface area contributed by atoms with Crippen LogP contribution in [0.1, 0.15) is 32.6 Å². The minimum atomic E-state index is -0.187. The first-order valence-electron chi connectivity index (χ1n) is 6.36. The highest BCUT2D eigenvalue weighted by Gasteiger charge is 2.30. The minimum absolute atomic E-state index is 0.148. The summed E-state index contributed by atoms with van der Waals surface area (Å²) in [6.07, 6.45) is 3.21. The normalized spacial score (nSPS) is 35.8. The first kappa shape index (κ1) is 12.5. The van der Waals surface area contributed by atoms with Crippen LogP contribution in [0, 0.1) is 0 Å². The van der Waals surface area contributed by atoms with E-state index in [0.29, 0.717) is 24.9 Å². The van der Waals surface area contributed by atoms with Crippen molar-refractivity contribution in [3.8, 4) is 0 Å². The molecule has 2 amide bonds. The molecule has 96 valence electrons. The number of nitrogens with zero attached hydrogens (tertiary/aromatic N) is 1. The molecular formula is C12H21N3O2. The van der Waals surface area contributed by atoms with Crippen LogP contribution in [0.4, 0.5) is 0 Å². The van der Waals surface area contributed by atoms with Crippen LogP contribution >= 0.6 is 0 Å². The Morgan fingerprint density at radius 2 is 2.12 bits per heavy atom. The van der Waals surface area contributed by atoms with E-state index in [1.54, 1.807) is 0 Å². The van der Waals surface area contributed by atoms with Gasteiger partial charge in [0.05, 0.1) is 6.04 Å². The molecule has 0 aromatic carbocycles. The van der Waals surface area contributed by atoms with Gasteiger partial charge < -0.3 is 10.2 Å². The van der Waals surface area contributed by atoms with E-state index in [9.17, 15) is 9.59 Å². The van der Waals surface area contributed by atoms with E-state index in [0.717, 1.165) is 19.4 Å². The van der Waals surface area contributed by atoms with Gasteiger partial charge in [0, 0.05) is 18.5 Å². The van der Waals surface area contributed by atoms with Crippen molar-refractivity contribution < 1.29 is 9.59 Å². The van der Waals surface area contributed by atoms with Gasteiger partial charge in [-0.05, 0) is 39.8 Å². The van der Waals surface area contributed by atoms with Gasteiger partial charge in [-0.15, -0.1) is 0 Å². The second kappa shape index (κ2) is 5.14. The lowest BCUT2D eigenvalue weighted by atomic mass is 9.96. The van der Waals surface area contributed by atoms with Gasteiger partial charge in [0.1, 0.15) is 0 Å². The summed E-state index contributed by atoms with van der Waals surface area (Å²) < 4.78 is 0. The molecule has 0 aromatic heterocycles. The third kappa shape index (κ3) is 3.04. The lowest BCUT2D eigenvalue weighted by Crippen LogP contribution is -2.56. The smallest absolute Gasteiger partial charge is 0.243 e. The largest absolute Gasteiger partial charge is 0.304 e. The van der Waals surface area contributed by atoms with Gasteiger partial charge in [0.15, 0.2) is 0 Å². The molecular weight excluding hydrogens is 218 g/mol. The van der Waals surface area contributed by atoms with Crippen molar-refractivity contribution in [1.82, 2.24) is 15.5 Å². The summed E-state index contributed by atoms with van der Waals surface area (Å²) in [6.45, 7) is 3.27. The standard InChI is InChI=1S/C12H21N3O2/c1-8-7-9(5-6-15(8)2)13-10-3-4-11(16)14-12(10)17/h8-10,13H,3-7H2,1-2H3,(H,14,16,17). The third-order valence-electron chi connectivity index (χ3n) is 3.88. The molecule has 2 aliphatic rings. The Morgan fingerprint density at radius 3 is 2.76 bits per heavy atom. The SMILES string of the molecule is CC1CC(NC2CCC(=O)NC2=O)CCN1C. The molecule has 0 spiro atoms. The average molecular weight is 239 g/mol. The third-order valence-corrected chi connectivity index (χ3v) is 3.88. The van der Waals surface area contributed by atoms with Gasteiger partial charge in [0.2, 0.25) is 11.8 Å². The number of carbonyl (C=O) groups is 2. The van der Waals surface area contributed by atoms with Crippen molar-refractivity contribution in [3.63, 3.8) is 0 Å². The number of piperidine rings is 2. The zero-order valence-corrected chi connectivity index (χ0v) is 10.5. The van der Waals surface area contributed by atoms with E-state index in [-0.39, 0.29) is 17.9 Å². The molecule has 2 aliphatic heterocycles. The molecule has 2 heterocycles. The second-order valence-electron chi connectivity index (χ2n) is 5.22. The molecule has 2 fully saturated rings. The highest BCUT2D eigenvalue weighted by Crippen LogP contribution is 2.17. The van der Waals surface area contributed by atoms with Crippen molar-refractivity contribution in [2.75, 3.05) is 13.6 Å². The Hall–Kier alpha value is -0.940. The number of amides is 2. The number of likely N-dealkylation sites (tertiary alicyclic amines) is 1. The van der Waals surface area contributed by atoms with Crippen LogP contribution in [0.25, 0.3) is 0 Å². The number of rotatable bonds is 2. The molecule has 5 heteroatoms. The number of hydrogen-bond acceptors (Lipinski definition) is 4. The summed E-state index contributed by atoms with van der Waals surface area (Å²) >= 11 is 0. The quantitative estimate of drug-likeness (QED) is 0.659. The van der Waals surface area contributed by atoms with Crippen molar-refractivity contribution >= 4 is 11.8 Å². The fraction of sp³-hybridized carbons (Fsp3) is 0.833. The second-order valence-corrected chi connectivity index (χ2v) is 5.22. The number of hydrogen-bond donors (Lipinski definition) is 2. The molecule has 0 aliphatic carbocycles. The summed E-state index contributed by atoms with van der Waals surface area (Å²) in [7, 11) is 2.13. The van der Waals surface area contributed by atoms with Crippen molar-refractivity contribution in [2.45, 2.75) is 50.7 Å². The van der Waals surface area contributed by atoms with Crippen molar-refractivity contribution in [1.29, 1.82) is 0 Å². The van der Waals surface area contributed by atoms with E-state index in [1.165, 1.54) is 0 Å². The fourth-order valence-electron chi connectivity index (χ4n) is 2.58. The van der Waals surface area contributed by atoms with Gasteiger partial charge in [0.25, 0.3) is 0 Å². The maximum atomic E-state index is 11.6. The summed E-state index contributed by atoms with van der Waals surface area (Å²) in [4.78, 5) is 25.0. The van der Waals surface area contributed by atoms with Crippen LogP contribution in [0.5, 0.6) is 0 Å². The van der Waals surface area contributed by atoms with E-state index in [1.807, 2.05) is 0 Å². The van der Waals surface area contributed by atoms with E-state index >= 15 is 0 Å². The highest BCUT2D eigenvalue weighted by atomic mass is 16.2. The zero-order valence-electron chi connectivity index (χ0n) is 10.5. The monoisotopic (exact) mass is 239 g/mol. The summed E-state index contributed by atoms with van der Waals surface area (Å²) in [5, 5.41) is 5.78. The topological polar surface area (TPSA) is 61.4 Å². The zero-order chi connectivity index (χ0) is 12.4. The fourth-order valence-corrected chi connectivity index (χ4v) is 2.58. The maximum Gasteiger partial charge on any atom is 0.243 e. The van der Waals surface area contributed by atoms with E-state index < -0.39 is 0 Å². The molecule has 0 aromatic rings. The minimum Gasteiger partial charge on any atom is -0.304 e. The first-order valence-corrected chi connectivity index (χ1v) is 6.36.